The Hall–Kier alpha value is -3.89. The molecule has 2 N–H and O–H groups in total. The summed E-state index contributed by atoms with van der Waals surface area (Å²) in [5.74, 6) is -0.762. The molecule has 8 heteroatoms. The molecule has 0 saturated heterocycles. The lowest BCUT2D eigenvalue weighted by molar-refractivity contribution is 0.0799. The molecular weight excluding hydrogens is 416 g/mol. The van der Waals surface area contributed by atoms with Crippen molar-refractivity contribution in [1.29, 1.82) is 5.26 Å². The standard InChI is InChI=1S/C23H19ClN4O3/c1-28(12-4-11-25)23(31)19-9-7-16(17-5-2-3-6-18(17)19)14-26-27-22(30)15-8-10-21(29)20(24)13-15/h2-3,5-10,13-14,29H,4,12H2,1H3,(H,27,30). The van der Waals surface area contributed by atoms with Gasteiger partial charge in [-0.25, -0.2) is 5.43 Å². The Morgan fingerprint density at radius 3 is 2.65 bits per heavy atom. The number of nitriles is 1. The summed E-state index contributed by atoms with van der Waals surface area (Å²) in [5.41, 5.74) is 3.92. The van der Waals surface area contributed by atoms with Crippen molar-refractivity contribution < 1.29 is 14.7 Å². The van der Waals surface area contributed by atoms with E-state index in [1.165, 1.54) is 29.3 Å². The second-order valence-electron chi connectivity index (χ2n) is 6.75. The Morgan fingerprint density at radius 1 is 1.19 bits per heavy atom. The molecule has 2 amide bonds. The zero-order valence-corrected chi connectivity index (χ0v) is 17.4. The third-order valence-electron chi connectivity index (χ3n) is 4.67. The van der Waals surface area contributed by atoms with Gasteiger partial charge in [-0.15, -0.1) is 0 Å². The predicted octanol–water partition coefficient (Wildman–Crippen LogP) is 3.95. The molecule has 3 aromatic carbocycles. The van der Waals surface area contributed by atoms with Crippen molar-refractivity contribution in [3.05, 3.63) is 76.3 Å². The number of nitrogens with zero attached hydrogens (tertiary/aromatic N) is 3. The van der Waals surface area contributed by atoms with Crippen LogP contribution in [0.2, 0.25) is 5.02 Å². The molecule has 0 unspecified atom stereocenters. The maximum atomic E-state index is 12.8. The molecule has 0 spiro atoms. The molecule has 3 aromatic rings. The third kappa shape index (κ3) is 5.00. The summed E-state index contributed by atoms with van der Waals surface area (Å²) < 4.78 is 0. The number of aromatic hydroxyl groups is 1. The number of carbonyl (C=O) groups excluding carboxylic acids is 2. The zero-order valence-electron chi connectivity index (χ0n) is 16.7. The van der Waals surface area contributed by atoms with Gasteiger partial charge in [-0.1, -0.05) is 41.9 Å². The molecule has 156 valence electrons. The minimum atomic E-state index is -0.478. The largest absolute Gasteiger partial charge is 0.506 e. The second kappa shape index (κ2) is 9.74. The number of phenolic OH excluding ortho intramolecular Hbond substituents is 1. The van der Waals surface area contributed by atoms with E-state index in [0.717, 1.165) is 16.3 Å². The molecule has 0 radical (unpaired) electrons. The van der Waals surface area contributed by atoms with Crippen LogP contribution in [-0.2, 0) is 0 Å². The highest BCUT2D eigenvalue weighted by Crippen LogP contribution is 2.24. The highest BCUT2D eigenvalue weighted by molar-refractivity contribution is 6.32. The highest BCUT2D eigenvalue weighted by atomic mass is 35.5. The maximum absolute atomic E-state index is 12.8. The fourth-order valence-corrected chi connectivity index (χ4v) is 3.20. The molecule has 7 nitrogen and oxygen atoms in total. The van der Waals surface area contributed by atoms with E-state index in [-0.39, 0.29) is 28.7 Å². The van der Waals surface area contributed by atoms with Gasteiger partial charge >= 0.3 is 0 Å². The lowest BCUT2D eigenvalue weighted by Gasteiger charge is -2.17. The van der Waals surface area contributed by atoms with Gasteiger partial charge in [0.15, 0.2) is 0 Å². The summed E-state index contributed by atoms with van der Waals surface area (Å²) in [6.45, 7) is 0.347. The number of nitrogens with one attached hydrogen (secondary N) is 1. The van der Waals surface area contributed by atoms with E-state index >= 15 is 0 Å². The number of phenols is 1. The maximum Gasteiger partial charge on any atom is 0.271 e. The van der Waals surface area contributed by atoms with Crippen molar-refractivity contribution in [2.75, 3.05) is 13.6 Å². The first-order valence-electron chi connectivity index (χ1n) is 9.38. The molecule has 0 atom stereocenters. The van der Waals surface area contributed by atoms with E-state index in [0.29, 0.717) is 12.1 Å². The number of hydrazone groups is 1. The number of fused-ring (bicyclic) bond motifs is 1. The first-order valence-corrected chi connectivity index (χ1v) is 9.76. The highest BCUT2D eigenvalue weighted by Gasteiger charge is 2.15. The van der Waals surface area contributed by atoms with Crippen molar-refractivity contribution in [2.24, 2.45) is 5.10 Å². The summed E-state index contributed by atoms with van der Waals surface area (Å²) in [7, 11) is 1.66. The van der Waals surface area contributed by atoms with E-state index in [1.54, 1.807) is 19.2 Å². The summed E-state index contributed by atoms with van der Waals surface area (Å²) in [4.78, 5) is 26.5. The first kappa shape index (κ1) is 21.8. The molecule has 0 heterocycles. The Kier molecular flexibility index (Phi) is 6.85. The lowest BCUT2D eigenvalue weighted by atomic mass is 9.99. The molecule has 31 heavy (non-hydrogen) atoms. The van der Waals surface area contributed by atoms with E-state index in [4.69, 9.17) is 16.9 Å². The number of hydrogen-bond acceptors (Lipinski definition) is 5. The van der Waals surface area contributed by atoms with E-state index in [9.17, 15) is 14.7 Å². The van der Waals surface area contributed by atoms with Crippen molar-refractivity contribution in [3.8, 4) is 11.8 Å². The van der Waals surface area contributed by atoms with Crippen LogP contribution in [0, 0.1) is 11.3 Å². The predicted molar refractivity (Wildman–Crippen MR) is 119 cm³/mol. The molecule has 0 aliphatic carbocycles. The summed E-state index contributed by atoms with van der Waals surface area (Å²) in [5, 5.41) is 23.8. The van der Waals surface area contributed by atoms with E-state index < -0.39 is 5.91 Å². The van der Waals surface area contributed by atoms with Crippen LogP contribution in [0.5, 0.6) is 5.75 Å². The average Bonchev–Trinajstić information content (AvgIpc) is 2.78. The van der Waals surface area contributed by atoms with Crippen LogP contribution >= 0.6 is 11.6 Å². The molecule has 0 aliphatic heterocycles. The van der Waals surface area contributed by atoms with Crippen molar-refractivity contribution >= 4 is 40.4 Å². The smallest absolute Gasteiger partial charge is 0.271 e. The second-order valence-corrected chi connectivity index (χ2v) is 7.16. The molecule has 0 fully saturated rings. The first-order chi connectivity index (χ1) is 14.9. The zero-order chi connectivity index (χ0) is 22.4. The minimum Gasteiger partial charge on any atom is -0.506 e. The summed E-state index contributed by atoms with van der Waals surface area (Å²) >= 11 is 5.83. The number of benzene rings is 3. The number of rotatable bonds is 6. The Balaban J connectivity index is 1.83. The minimum absolute atomic E-state index is 0.0719. The van der Waals surface area contributed by atoms with Gasteiger partial charge in [0.1, 0.15) is 5.75 Å². The third-order valence-corrected chi connectivity index (χ3v) is 4.98. The normalized spacial score (nSPS) is 10.7. The SMILES string of the molecule is CN(CCC#N)C(=O)c1ccc(C=NNC(=O)c2ccc(O)c(Cl)c2)c2ccccc12. The van der Waals surface area contributed by atoms with Gasteiger partial charge in [-0.2, -0.15) is 10.4 Å². The molecule has 0 bridgehead atoms. The number of carbonyl (C=O) groups is 2. The van der Waals surface area contributed by atoms with Gasteiger partial charge in [0, 0.05) is 30.3 Å². The van der Waals surface area contributed by atoms with Crippen LogP contribution < -0.4 is 5.43 Å². The van der Waals surface area contributed by atoms with Crippen LogP contribution in [0.25, 0.3) is 10.8 Å². The number of hydrogen-bond donors (Lipinski definition) is 2. The van der Waals surface area contributed by atoms with Crippen molar-refractivity contribution in [1.82, 2.24) is 10.3 Å². The number of halogens is 1. The van der Waals surface area contributed by atoms with E-state index in [2.05, 4.69) is 10.5 Å². The molecule has 0 saturated carbocycles. The summed E-state index contributed by atoms with van der Waals surface area (Å²) in [6, 6.07) is 17.0. The average molecular weight is 435 g/mol. The van der Waals surface area contributed by atoms with Crippen LogP contribution in [-0.4, -0.2) is 41.6 Å². The summed E-state index contributed by atoms with van der Waals surface area (Å²) in [6.07, 6.45) is 1.76. The Bertz CT molecular complexity index is 1220. The Morgan fingerprint density at radius 2 is 1.94 bits per heavy atom. The van der Waals surface area contributed by atoms with Gasteiger partial charge in [0.25, 0.3) is 11.8 Å². The Labute approximate surface area is 184 Å². The van der Waals surface area contributed by atoms with Crippen LogP contribution in [0.3, 0.4) is 0 Å². The van der Waals surface area contributed by atoms with Crippen molar-refractivity contribution in [2.45, 2.75) is 6.42 Å². The van der Waals surface area contributed by atoms with Gasteiger partial charge in [-0.3, -0.25) is 9.59 Å². The fraction of sp³-hybridized carbons (Fsp3) is 0.130. The van der Waals surface area contributed by atoms with Gasteiger partial charge in [0.2, 0.25) is 0 Å². The van der Waals surface area contributed by atoms with Gasteiger partial charge in [0.05, 0.1) is 23.7 Å². The van der Waals surface area contributed by atoms with Crippen LogP contribution in [0.1, 0.15) is 32.7 Å². The molecule has 0 aliphatic rings. The molecule has 0 aromatic heterocycles. The van der Waals surface area contributed by atoms with Gasteiger partial charge in [-0.05, 0) is 35.0 Å². The van der Waals surface area contributed by atoms with Crippen LogP contribution in [0.4, 0.5) is 0 Å². The molecule has 3 rings (SSSR count). The topological polar surface area (TPSA) is 106 Å². The lowest BCUT2D eigenvalue weighted by Crippen LogP contribution is -2.27. The number of amides is 2. The van der Waals surface area contributed by atoms with Crippen molar-refractivity contribution in [3.63, 3.8) is 0 Å². The quantitative estimate of drug-likeness (QED) is 0.452. The monoisotopic (exact) mass is 434 g/mol. The van der Waals surface area contributed by atoms with Gasteiger partial charge < -0.3 is 10.0 Å². The molecular formula is C23H19ClN4O3. The fourth-order valence-electron chi connectivity index (χ4n) is 3.02. The van der Waals surface area contributed by atoms with E-state index in [1.807, 2.05) is 30.3 Å². The van der Waals surface area contributed by atoms with Crippen LogP contribution in [0.15, 0.2) is 59.7 Å².